The summed E-state index contributed by atoms with van der Waals surface area (Å²) < 4.78 is 5.53. The molecule has 1 heterocycles. The van der Waals surface area contributed by atoms with E-state index >= 15 is 0 Å². The van der Waals surface area contributed by atoms with Crippen LogP contribution < -0.4 is 0 Å². The van der Waals surface area contributed by atoms with Crippen molar-refractivity contribution < 1.29 is 4.74 Å². The number of azide groups is 1. The normalized spacial score (nSPS) is 28.5. The first-order chi connectivity index (χ1) is 6.04. The van der Waals surface area contributed by atoms with Crippen molar-refractivity contribution in [2.24, 2.45) is 16.4 Å². The van der Waals surface area contributed by atoms with E-state index < -0.39 is 0 Å². The van der Waals surface area contributed by atoms with Crippen LogP contribution in [0.5, 0.6) is 0 Å². The van der Waals surface area contributed by atoms with Crippen LogP contribution in [0.1, 0.15) is 27.2 Å². The Hall–Kier alpha value is -0.730. The van der Waals surface area contributed by atoms with Crippen LogP contribution in [0.4, 0.5) is 0 Å². The molecule has 2 atom stereocenters. The molecular weight excluding hydrogens is 166 g/mol. The summed E-state index contributed by atoms with van der Waals surface area (Å²) in [6.07, 6.45) is 1.16. The lowest BCUT2D eigenvalue weighted by Crippen LogP contribution is -2.20. The maximum atomic E-state index is 8.16. The van der Waals surface area contributed by atoms with Crippen molar-refractivity contribution in [2.45, 2.75) is 33.3 Å². The molecule has 0 aliphatic carbocycles. The summed E-state index contributed by atoms with van der Waals surface area (Å²) in [5, 5.41) is 3.53. The maximum absolute atomic E-state index is 8.16. The molecule has 0 bridgehead atoms. The van der Waals surface area contributed by atoms with Gasteiger partial charge in [-0.25, -0.2) is 0 Å². The van der Waals surface area contributed by atoms with Crippen molar-refractivity contribution in [3.63, 3.8) is 0 Å². The molecule has 1 fully saturated rings. The highest BCUT2D eigenvalue weighted by molar-refractivity contribution is 4.83. The van der Waals surface area contributed by atoms with Gasteiger partial charge in [-0.1, -0.05) is 25.9 Å². The van der Waals surface area contributed by atoms with E-state index in [2.05, 4.69) is 30.8 Å². The van der Waals surface area contributed by atoms with Crippen LogP contribution >= 0.6 is 0 Å². The minimum Gasteiger partial charge on any atom is -0.378 e. The van der Waals surface area contributed by atoms with Crippen LogP contribution in [-0.4, -0.2) is 19.3 Å². The van der Waals surface area contributed by atoms with E-state index in [1.807, 2.05) is 0 Å². The Morgan fingerprint density at radius 1 is 1.54 bits per heavy atom. The van der Waals surface area contributed by atoms with Gasteiger partial charge >= 0.3 is 0 Å². The summed E-state index contributed by atoms with van der Waals surface area (Å²) in [6, 6.07) is 0. The lowest BCUT2D eigenvalue weighted by Gasteiger charge is -2.25. The first-order valence-electron chi connectivity index (χ1n) is 4.66. The van der Waals surface area contributed by atoms with Crippen LogP contribution in [-0.2, 0) is 4.74 Å². The number of nitrogens with zero attached hydrogens (tertiary/aromatic N) is 3. The van der Waals surface area contributed by atoms with Gasteiger partial charge in [-0.2, -0.15) is 0 Å². The summed E-state index contributed by atoms with van der Waals surface area (Å²) in [5.41, 5.74) is 8.45. The third kappa shape index (κ3) is 2.90. The standard InChI is InChI=1S/C9H17N3O/c1-9(2,3)7-4-8(13-6-7)5-11-12-10/h7-8H,4-6H2,1-3H3/t7-,8+/m0/s1. The quantitative estimate of drug-likeness (QED) is 0.369. The Balaban J connectivity index is 2.40. The predicted molar refractivity (Wildman–Crippen MR) is 51.3 cm³/mol. The summed E-state index contributed by atoms with van der Waals surface area (Å²) in [6.45, 7) is 7.93. The van der Waals surface area contributed by atoms with E-state index in [1.165, 1.54) is 0 Å². The van der Waals surface area contributed by atoms with Gasteiger partial charge in [0.1, 0.15) is 0 Å². The van der Waals surface area contributed by atoms with Crippen molar-refractivity contribution >= 4 is 0 Å². The zero-order chi connectivity index (χ0) is 9.90. The Kier molecular flexibility index (Phi) is 3.17. The monoisotopic (exact) mass is 183 g/mol. The number of ether oxygens (including phenoxy) is 1. The van der Waals surface area contributed by atoms with Gasteiger partial charge in [-0.05, 0) is 23.3 Å². The molecule has 13 heavy (non-hydrogen) atoms. The van der Waals surface area contributed by atoms with Crippen LogP contribution in [0, 0.1) is 11.3 Å². The highest BCUT2D eigenvalue weighted by Gasteiger charge is 2.33. The Morgan fingerprint density at radius 2 is 2.23 bits per heavy atom. The molecule has 0 spiro atoms. The molecule has 1 aliphatic heterocycles. The highest BCUT2D eigenvalue weighted by atomic mass is 16.5. The highest BCUT2D eigenvalue weighted by Crippen LogP contribution is 2.35. The fourth-order valence-corrected chi connectivity index (χ4v) is 1.56. The zero-order valence-electron chi connectivity index (χ0n) is 8.53. The third-order valence-electron chi connectivity index (χ3n) is 2.65. The molecule has 0 amide bonds. The molecule has 0 radical (unpaired) electrons. The average molecular weight is 183 g/mol. The van der Waals surface area contributed by atoms with Gasteiger partial charge in [-0.15, -0.1) is 0 Å². The first kappa shape index (κ1) is 10.4. The van der Waals surface area contributed by atoms with E-state index in [4.69, 9.17) is 10.3 Å². The fourth-order valence-electron chi connectivity index (χ4n) is 1.56. The number of hydrogen-bond donors (Lipinski definition) is 0. The van der Waals surface area contributed by atoms with E-state index in [1.54, 1.807) is 0 Å². The molecular formula is C9H17N3O. The van der Waals surface area contributed by atoms with Gasteiger partial charge in [0, 0.05) is 4.91 Å². The minimum absolute atomic E-state index is 0.139. The summed E-state index contributed by atoms with van der Waals surface area (Å²) >= 11 is 0. The van der Waals surface area contributed by atoms with Crippen LogP contribution in [0.2, 0.25) is 0 Å². The number of hydrogen-bond acceptors (Lipinski definition) is 2. The van der Waals surface area contributed by atoms with Crippen molar-refractivity contribution in [1.82, 2.24) is 0 Å². The second-order valence-corrected chi connectivity index (χ2v) is 4.67. The molecule has 4 heteroatoms. The van der Waals surface area contributed by atoms with E-state index in [-0.39, 0.29) is 6.10 Å². The van der Waals surface area contributed by atoms with Crippen molar-refractivity contribution in [3.8, 4) is 0 Å². The zero-order valence-corrected chi connectivity index (χ0v) is 8.53. The maximum Gasteiger partial charge on any atom is 0.0635 e. The van der Waals surface area contributed by atoms with Crippen LogP contribution in [0.25, 0.3) is 10.4 Å². The molecule has 1 rings (SSSR count). The second-order valence-electron chi connectivity index (χ2n) is 4.67. The molecule has 0 aromatic carbocycles. The Bertz CT molecular complexity index is 215. The van der Waals surface area contributed by atoms with E-state index in [0.29, 0.717) is 17.9 Å². The van der Waals surface area contributed by atoms with Crippen LogP contribution in [0.15, 0.2) is 5.11 Å². The Morgan fingerprint density at radius 3 is 2.69 bits per heavy atom. The summed E-state index contributed by atoms with van der Waals surface area (Å²) in [4.78, 5) is 2.73. The Labute approximate surface area is 78.9 Å². The molecule has 1 aliphatic rings. The molecule has 1 saturated heterocycles. The molecule has 0 N–H and O–H groups in total. The van der Waals surface area contributed by atoms with Gasteiger partial charge in [0.2, 0.25) is 0 Å². The predicted octanol–water partition coefficient (Wildman–Crippen LogP) is 2.75. The second kappa shape index (κ2) is 3.99. The molecule has 74 valence electrons. The summed E-state index contributed by atoms with van der Waals surface area (Å²) in [5.74, 6) is 0.589. The van der Waals surface area contributed by atoms with Gasteiger partial charge in [0.25, 0.3) is 0 Å². The minimum atomic E-state index is 0.139. The molecule has 4 nitrogen and oxygen atoms in total. The number of rotatable bonds is 2. The molecule has 0 aromatic rings. The van der Waals surface area contributed by atoms with Crippen LogP contribution in [0.3, 0.4) is 0 Å². The lowest BCUT2D eigenvalue weighted by atomic mass is 9.79. The van der Waals surface area contributed by atoms with Gasteiger partial charge in [0.15, 0.2) is 0 Å². The van der Waals surface area contributed by atoms with Gasteiger partial charge < -0.3 is 4.74 Å². The third-order valence-corrected chi connectivity index (χ3v) is 2.65. The smallest absolute Gasteiger partial charge is 0.0635 e. The van der Waals surface area contributed by atoms with E-state index in [9.17, 15) is 0 Å². The topological polar surface area (TPSA) is 58.0 Å². The van der Waals surface area contributed by atoms with Crippen molar-refractivity contribution in [1.29, 1.82) is 0 Å². The largest absolute Gasteiger partial charge is 0.378 e. The SMILES string of the molecule is CC(C)(C)[C@@H]1CO[C@@H](CN=[N+]=[N-])C1. The fraction of sp³-hybridized carbons (Fsp3) is 1.00. The first-order valence-corrected chi connectivity index (χ1v) is 4.66. The molecule has 0 aromatic heterocycles. The van der Waals surface area contributed by atoms with E-state index in [0.717, 1.165) is 13.0 Å². The van der Waals surface area contributed by atoms with Crippen molar-refractivity contribution in [2.75, 3.05) is 13.2 Å². The summed E-state index contributed by atoms with van der Waals surface area (Å²) in [7, 11) is 0. The van der Waals surface area contributed by atoms with Gasteiger partial charge in [-0.3, -0.25) is 0 Å². The lowest BCUT2D eigenvalue weighted by molar-refractivity contribution is 0.102. The average Bonchev–Trinajstić information content (AvgIpc) is 2.47. The van der Waals surface area contributed by atoms with Gasteiger partial charge in [0.05, 0.1) is 19.3 Å². The molecule has 0 unspecified atom stereocenters. The molecule has 0 saturated carbocycles. The van der Waals surface area contributed by atoms with Crippen molar-refractivity contribution in [3.05, 3.63) is 10.4 Å².